The monoisotopic (exact) mass is 397 g/mol. The van der Waals surface area contributed by atoms with Crippen LogP contribution >= 0.6 is 0 Å². The summed E-state index contributed by atoms with van der Waals surface area (Å²) in [6.45, 7) is 2.09. The van der Waals surface area contributed by atoms with Crippen molar-refractivity contribution < 1.29 is 24.2 Å². The van der Waals surface area contributed by atoms with Gasteiger partial charge in [-0.15, -0.1) is 0 Å². The van der Waals surface area contributed by atoms with Crippen LogP contribution in [0.4, 0.5) is 0 Å². The maximum absolute atomic E-state index is 12.6. The number of aryl methyl sites for hydroxylation is 1. The zero-order valence-electron chi connectivity index (χ0n) is 17.0. The van der Waals surface area contributed by atoms with E-state index in [4.69, 9.17) is 9.47 Å². The number of aliphatic carboxylic acids is 1. The number of carbonyl (C=O) groups is 2. The molecule has 29 heavy (non-hydrogen) atoms. The van der Waals surface area contributed by atoms with Crippen LogP contribution < -0.4 is 14.8 Å². The minimum Gasteiger partial charge on any atom is -0.497 e. The minimum atomic E-state index is -0.909. The summed E-state index contributed by atoms with van der Waals surface area (Å²) in [5, 5.41) is 12.4. The second-order valence-corrected chi connectivity index (χ2v) is 7.53. The molecule has 3 unspecified atom stereocenters. The number of rotatable bonds is 9. The van der Waals surface area contributed by atoms with Crippen molar-refractivity contribution in [1.29, 1.82) is 0 Å². The van der Waals surface area contributed by atoms with E-state index in [0.717, 1.165) is 28.2 Å². The molecule has 6 heteroatoms. The first-order valence-corrected chi connectivity index (χ1v) is 9.71. The van der Waals surface area contributed by atoms with Gasteiger partial charge in [0.1, 0.15) is 11.5 Å². The Hall–Kier alpha value is -3.02. The zero-order chi connectivity index (χ0) is 21.0. The molecule has 1 aliphatic carbocycles. The average molecular weight is 397 g/mol. The molecule has 2 aromatic carbocycles. The third-order valence-corrected chi connectivity index (χ3v) is 5.40. The molecule has 3 atom stereocenters. The van der Waals surface area contributed by atoms with Crippen molar-refractivity contribution in [2.75, 3.05) is 20.8 Å². The Morgan fingerprint density at radius 3 is 2.62 bits per heavy atom. The van der Waals surface area contributed by atoms with E-state index < -0.39 is 11.9 Å². The number of nitrogens with one attached hydrogen (secondary N) is 1. The SMILES string of the molecule is COc1ccc(OC)c(C2CC2C(=O)NCC(Cc2cccc(C)c2)C(=O)O)c1. The maximum Gasteiger partial charge on any atom is 0.308 e. The number of hydrogen-bond acceptors (Lipinski definition) is 4. The number of carboxylic acids is 1. The molecule has 1 aliphatic rings. The van der Waals surface area contributed by atoms with Crippen molar-refractivity contribution in [2.24, 2.45) is 11.8 Å². The Morgan fingerprint density at radius 2 is 1.97 bits per heavy atom. The predicted molar refractivity (Wildman–Crippen MR) is 109 cm³/mol. The van der Waals surface area contributed by atoms with Crippen molar-refractivity contribution in [3.05, 3.63) is 59.2 Å². The van der Waals surface area contributed by atoms with Crippen LogP contribution in [0.25, 0.3) is 0 Å². The highest BCUT2D eigenvalue weighted by Gasteiger charge is 2.45. The Kier molecular flexibility index (Phi) is 6.42. The van der Waals surface area contributed by atoms with Crippen molar-refractivity contribution in [1.82, 2.24) is 5.32 Å². The van der Waals surface area contributed by atoms with E-state index in [9.17, 15) is 14.7 Å². The predicted octanol–water partition coefficient (Wildman–Crippen LogP) is 3.18. The van der Waals surface area contributed by atoms with Gasteiger partial charge in [0.2, 0.25) is 5.91 Å². The normalized spacial score (nSPS) is 18.6. The molecular formula is C23H27NO5. The van der Waals surface area contributed by atoms with E-state index in [2.05, 4.69) is 5.32 Å². The summed E-state index contributed by atoms with van der Waals surface area (Å²) in [5.41, 5.74) is 2.99. The molecule has 0 bridgehead atoms. The molecule has 0 aromatic heterocycles. The average Bonchev–Trinajstić information content (AvgIpc) is 3.51. The third-order valence-electron chi connectivity index (χ3n) is 5.40. The lowest BCUT2D eigenvalue weighted by Crippen LogP contribution is -2.35. The van der Waals surface area contributed by atoms with E-state index in [1.54, 1.807) is 14.2 Å². The van der Waals surface area contributed by atoms with Gasteiger partial charge in [0, 0.05) is 23.9 Å². The van der Waals surface area contributed by atoms with Gasteiger partial charge in [-0.2, -0.15) is 0 Å². The summed E-state index contributed by atoms with van der Waals surface area (Å²) >= 11 is 0. The van der Waals surface area contributed by atoms with Crippen LogP contribution in [0.1, 0.15) is 29.0 Å². The molecule has 1 amide bonds. The van der Waals surface area contributed by atoms with Gasteiger partial charge in [-0.3, -0.25) is 9.59 Å². The summed E-state index contributed by atoms with van der Waals surface area (Å²) in [5.74, 6) is -0.359. The number of carbonyl (C=O) groups excluding carboxylic acids is 1. The molecule has 1 saturated carbocycles. The smallest absolute Gasteiger partial charge is 0.308 e. The van der Waals surface area contributed by atoms with Crippen LogP contribution in [0.3, 0.4) is 0 Å². The van der Waals surface area contributed by atoms with Crippen LogP contribution in [0, 0.1) is 18.8 Å². The molecule has 2 N–H and O–H groups in total. The standard InChI is InChI=1S/C23H27NO5/c1-14-5-4-6-15(9-14)10-16(23(26)27)13-24-22(25)20-12-18(20)19-11-17(28-2)7-8-21(19)29-3/h4-9,11,16,18,20H,10,12-13H2,1-3H3,(H,24,25)(H,26,27). The van der Waals surface area contributed by atoms with Gasteiger partial charge in [0.15, 0.2) is 0 Å². The third kappa shape index (κ3) is 5.08. The summed E-state index contributed by atoms with van der Waals surface area (Å²) in [7, 11) is 3.20. The number of hydrogen-bond donors (Lipinski definition) is 2. The molecule has 0 heterocycles. The Morgan fingerprint density at radius 1 is 1.17 bits per heavy atom. The largest absolute Gasteiger partial charge is 0.497 e. The first kappa shape index (κ1) is 20.7. The van der Waals surface area contributed by atoms with Gasteiger partial charge in [-0.25, -0.2) is 0 Å². The number of carboxylic acid groups (broad SMARTS) is 1. The molecule has 154 valence electrons. The number of methoxy groups -OCH3 is 2. The number of benzene rings is 2. The lowest BCUT2D eigenvalue weighted by molar-refractivity contribution is -0.141. The molecule has 6 nitrogen and oxygen atoms in total. The summed E-state index contributed by atoms with van der Waals surface area (Å²) in [4.78, 5) is 24.2. The molecule has 3 rings (SSSR count). The summed E-state index contributed by atoms with van der Waals surface area (Å²) in [6.07, 6.45) is 1.10. The highest BCUT2D eigenvalue weighted by atomic mass is 16.5. The second-order valence-electron chi connectivity index (χ2n) is 7.53. The number of amides is 1. The zero-order valence-corrected chi connectivity index (χ0v) is 17.0. The Bertz CT molecular complexity index is 895. The quantitative estimate of drug-likeness (QED) is 0.679. The van der Waals surface area contributed by atoms with Crippen LogP contribution in [0.15, 0.2) is 42.5 Å². The summed E-state index contributed by atoms with van der Waals surface area (Å²) in [6, 6.07) is 13.3. The van der Waals surface area contributed by atoms with Crippen LogP contribution in [0.2, 0.25) is 0 Å². The first-order valence-electron chi connectivity index (χ1n) is 9.71. The van der Waals surface area contributed by atoms with Gasteiger partial charge in [-0.05, 0) is 43.5 Å². The molecule has 0 spiro atoms. The van der Waals surface area contributed by atoms with E-state index in [0.29, 0.717) is 12.8 Å². The van der Waals surface area contributed by atoms with E-state index in [-0.39, 0.29) is 24.3 Å². The molecular weight excluding hydrogens is 370 g/mol. The van der Waals surface area contributed by atoms with Crippen LogP contribution in [0.5, 0.6) is 11.5 Å². The van der Waals surface area contributed by atoms with E-state index in [1.807, 2.05) is 49.4 Å². The fourth-order valence-electron chi connectivity index (χ4n) is 3.68. The lowest BCUT2D eigenvalue weighted by Gasteiger charge is -2.14. The fourth-order valence-corrected chi connectivity index (χ4v) is 3.68. The fraction of sp³-hybridized carbons (Fsp3) is 0.391. The van der Waals surface area contributed by atoms with Gasteiger partial charge in [-0.1, -0.05) is 29.8 Å². The van der Waals surface area contributed by atoms with Crippen molar-refractivity contribution in [3.8, 4) is 11.5 Å². The minimum absolute atomic E-state index is 0.0556. The Labute approximate surface area is 170 Å². The highest BCUT2D eigenvalue weighted by molar-refractivity contribution is 5.83. The topological polar surface area (TPSA) is 84.9 Å². The first-order chi connectivity index (χ1) is 13.9. The van der Waals surface area contributed by atoms with Gasteiger partial charge < -0.3 is 19.9 Å². The van der Waals surface area contributed by atoms with E-state index >= 15 is 0 Å². The van der Waals surface area contributed by atoms with Gasteiger partial charge in [0.25, 0.3) is 0 Å². The lowest BCUT2D eigenvalue weighted by atomic mass is 9.98. The van der Waals surface area contributed by atoms with Gasteiger partial charge >= 0.3 is 5.97 Å². The van der Waals surface area contributed by atoms with Crippen molar-refractivity contribution in [2.45, 2.75) is 25.7 Å². The number of ether oxygens (including phenoxy) is 2. The van der Waals surface area contributed by atoms with E-state index in [1.165, 1.54) is 0 Å². The Balaban J connectivity index is 1.60. The summed E-state index contributed by atoms with van der Waals surface area (Å²) < 4.78 is 10.7. The molecule has 0 radical (unpaired) electrons. The van der Waals surface area contributed by atoms with Gasteiger partial charge in [0.05, 0.1) is 20.1 Å². The van der Waals surface area contributed by atoms with Crippen LogP contribution in [-0.2, 0) is 16.0 Å². The molecule has 2 aromatic rings. The molecule has 1 fully saturated rings. The van der Waals surface area contributed by atoms with Crippen LogP contribution in [-0.4, -0.2) is 37.7 Å². The second kappa shape index (κ2) is 8.99. The van der Waals surface area contributed by atoms with Crippen molar-refractivity contribution in [3.63, 3.8) is 0 Å². The highest BCUT2D eigenvalue weighted by Crippen LogP contribution is 2.51. The maximum atomic E-state index is 12.6. The molecule has 0 aliphatic heterocycles. The molecule has 0 saturated heterocycles. The van der Waals surface area contributed by atoms with Crippen molar-refractivity contribution >= 4 is 11.9 Å².